The van der Waals surface area contributed by atoms with E-state index in [0.29, 0.717) is 6.54 Å². The Morgan fingerprint density at radius 1 is 1.50 bits per heavy atom. The molecule has 1 saturated heterocycles. The highest BCUT2D eigenvalue weighted by Gasteiger charge is 2.17. The SMILES string of the molecule is CN1CCOC(CNCc2ccccc2OCC#N)C1. The summed E-state index contributed by atoms with van der Waals surface area (Å²) >= 11 is 0. The van der Waals surface area contributed by atoms with Gasteiger partial charge in [-0.3, -0.25) is 0 Å². The summed E-state index contributed by atoms with van der Waals surface area (Å²) in [5.41, 5.74) is 1.06. The van der Waals surface area contributed by atoms with Crippen LogP contribution in [0.4, 0.5) is 0 Å². The van der Waals surface area contributed by atoms with E-state index in [-0.39, 0.29) is 12.7 Å². The molecule has 1 N–H and O–H groups in total. The molecule has 1 fully saturated rings. The second kappa shape index (κ2) is 7.85. The molecular weight excluding hydrogens is 254 g/mol. The molecule has 108 valence electrons. The number of benzene rings is 1. The fourth-order valence-electron chi connectivity index (χ4n) is 2.26. The average Bonchev–Trinajstić information content (AvgIpc) is 2.46. The number of likely N-dealkylation sites (N-methyl/N-ethyl adjacent to an activating group) is 1. The molecule has 0 amide bonds. The number of nitrogens with zero attached hydrogens (tertiary/aromatic N) is 2. The van der Waals surface area contributed by atoms with Crippen LogP contribution < -0.4 is 10.1 Å². The van der Waals surface area contributed by atoms with Crippen molar-refractivity contribution in [1.29, 1.82) is 5.26 Å². The van der Waals surface area contributed by atoms with Gasteiger partial charge in [-0.25, -0.2) is 0 Å². The van der Waals surface area contributed by atoms with Crippen molar-refractivity contribution < 1.29 is 9.47 Å². The molecule has 5 heteroatoms. The Kier molecular flexibility index (Phi) is 5.81. The topological polar surface area (TPSA) is 57.5 Å². The van der Waals surface area contributed by atoms with E-state index in [2.05, 4.69) is 17.3 Å². The highest BCUT2D eigenvalue weighted by molar-refractivity contribution is 5.33. The minimum Gasteiger partial charge on any atom is -0.478 e. The van der Waals surface area contributed by atoms with Gasteiger partial charge in [0.05, 0.1) is 12.7 Å². The number of rotatable bonds is 6. The van der Waals surface area contributed by atoms with Crippen molar-refractivity contribution in [3.63, 3.8) is 0 Å². The molecule has 0 spiro atoms. The number of para-hydroxylation sites is 1. The third-order valence-electron chi connectivity index (χ3n) is 3.29. The van der Waals surface area contributed by atoms with Crippen LogP contribution in [0.15, 0.2) is 24.3 Å². The van der Waals surface area contributed by atoms with Crippen LogP contribution in [0, 0.1) is 11.3 Å². The van der Waals surface area contributed by atoms with Crippen LogP contribution in [0.3, 0.4) is 0 Å². The maximum atomic E-state index is 8.58. The van der Waals surface area contributed by atoms with Gasteiger partial charge in [-0.1, -0.05) is 18.2 Å². The van der Waals surface area contributed by atoms with Gasteiger partial charge in [0.25, 0.3) is 0 Å². The maximum absolute atomic E-state index is 8.58. The van der Waals surface area contributed by atoms with Crippen molar-refractivity contribution in [3.8, 4) is 11.8 Å². The normalized spacial score (nSPS) is 19.5. The summed E-state index contributed by atoms with van der Waals surface area (Å²) < 4.78 is 11.1. The van der Waals surface area contributed by atoms with E-state index >= 15 is 0 Å². The first-order valence-electron chi connectivity index (χ1n) is 6.88. The monoisotopic (exact) mass is 275 g/mol. The van der Waals surface area contributed by atoms with E-state index in [9.17, 15) is 0 Å². The molecule has 0 aliphatic carbocycles. The maximum Gasteiger partial charge on any atom is 0.174 e. The number of hydrogen-bond donors (Lipinski definition) is 1. The van der Waals surface area contributed by atoms with Crippen LogP contribution in [0.1, 0.15) is 5.56 Å². The largest absolute Gasteiger partial charge is 0.478 e. The summed E-state index contributed by atoms with van der Waals surface area (Å²) in [6.45, 7) is 4.36. The Bertz CT molecular complexity index is 459. The first-order chi connectivity index (χ1) is 9.79. The predicted octanol–water partition coefficient (Wildman–Crippen LogP) is 1.01. The van der Waals surface area contributed by atoms with E-state index in [4.69, 9.17) is 14.7 Å². The molecule has 5 nitrogen and oxygen atoms in total. The Morgan fingerprint density at radius 3 is 3.15 bits per heavy atom. The van der Waals surface area contributed by atoms with Crippen LogP contribution >= 0.6 is 0 Å². The fourth-order valence-corrected chi connectivity index (χ4v) is 2.26. The van der Waals surface area contributed by atoms with Gasteiger partial charge in [0, 0.05) is 31.7 Å². The molecule has 1 aliphatic rings. The van der Waals surface area contributed by atoms with Crippen molar-refractivity contribution in [2.24, 2.45) is 0 Å². The van der Waals surface area contributed by atoms with Gasteiger partial charge in [-0.2, -0.15) is 5.26 Å². The number of nitrogens with one attached hydrogen (secondary N) is 1. The Balaban J connectivity index is 1.80. The third kappa shape index (κ3) is 4.49. The molecule has 0 bridgehead atoms. The summed E-state index contributed by atoms with van der Waals surface area (Å²) in [5, 5.41) is 12.0. The van der Waals surface area contributed by atoms with E-state index < -0.39 is 0 Å². The van der Waals surface area contributed by atoms with Crippen molar-refractivity contribution in [3.05, 3.63) is 29.8 Å². The molecule has 1 unspecified atom stereocenters. The fraction of sp³-hybridized carbons (Fsp3) is 0.533. The Hall–Kier alpha value is -1.61. The minimum atomic E-state index is 0.0769. The predicted molar refractivity (Wildman–Crippen MR) is 76.5 cm³/mol. The molecule has 1 heterocycles. The van der Waals surface area contributed by atoms with Crippen LogP contribution in [0.25, 0.3) is 0 Å². The lowest BCUT2D eigenvalue weighted by Crippen LogP contribution is -2.44. The van der Waals surface area contributed by atoms with E-state index in [0.717, 1.165) is 37.6 Å². The lowest BCUT2D eigenvalue weighted by molar-refractivity contribution is -0.0182. The summed E-state index contributed by atoms with van der Waals surface area (Å²) in [5.74, 6) is 0.767. The van der Waals surface area contributed by atoms with Gasteiger partial charge < -0.3 is 19.7 Å². The van der Waals surface area contributed by atoms with Crippen molar-refractivity contribution >= 4 is 0 Å². The zero-order valence-electron chi connectivity index (χ0n) is 11.8. The third-order valence-corrected chi connectivity index (χ3v) is 3.29. The first kappa shape index (κ1) is 14.8. The van der Waals surface area contributed by atoms with Crippen LogP contribution in [-0.2, 0) is 11.3 Å². The molecule has 1 aliphatic heterocycles. The molecule has 20 heavy (non-hydrogen) atoms. The number of nitriles is 1. The van der Waals surface area contributed by atoms with Gasteiger partial charge in [0.2, 0.25) is 0 Å². The van der Waals surface area contributed by atoms with E-state index in [1.807, 2.05) is 30.3 Å². The first-order valence-corrected chi connectivity index (χ1v) is 6.88. The Labute approximate surface area is 120 Å². The van der Waals surface area contributed by atoms with Gasteiger partial charge in [-0.05, 0) is 13.1 Å². The van der Waals surface area contributed by atoms with Crippen molar-refractivity contribution in [2.75, 3.05) is 39.9 Å². The zero-order valence-corrected chi connectivity index (χ0v) is 11.8. The van der Waals surface area contributed by atoms with Gasteiger partial charge in [-0.15, -0.1) is 0 Å². The average molecular weight is 275 g/mol. The second-order valence-corrected chi connectivity index (χ2v) is 4.94. The molecule has 1 aromatic rings. The number of hydrogen-bond acceptors (Lipinski definition) is 5. The lowest BCUT2D eigenvalue weighted by Gasteiger charge is -2.30. The molecule has 0 saturated carbocycles. The highest BCUT2D eigenvalue weighted by Crippen LogP contribution is 2.17. The molecule has 2 rings (SSSR count). The van der Waals surface area contributed by atoms with Gasteiger partial charge in [0.15, 0.2) is 6.61 Å². The molecule has 1 aromatic carbocycles. The Morgan fingerprint density at radius 2 is 2.35 bits per heavy atom. The van der Waals surface area contributed by atoms with E-state index in [1.54, 1.807) is 0 Å². The standard InChI is InChI=1S/C15H21N3O2/c1-18-7-9-19-14(12-18)11-17-10-13-4-2-3-5-15(13)20-8-6-16/h2-5,14,17H,7-12H2,1H3. The van der Waals surface area contributed by atoms with Gasteiger partial charge in [0.1, 0.15) is 11.8 Å². The quantitative estimate of drug-likeness (QED) is 0.839. The van der Waals surface area contributed by atoms with E-state index in [1.165, 1.54) is 0 Å². The number of ether oxygens (including phenoxy) is 2. The summed E-state index contributed by atoms with van der Waals surface area (Å²) in [6, 6.07) is 9.77. The zero-order chi connectivity index (χ0) is 14.2. The summed E-state index contributed by atoms with van der Waals surface area (Å²) in [6.07, 6.45) is 0.237. The smallest absolute Gasteiger partial charge is 0.174 e. The van der Waals surface area contributed by atoms with Crippen LogP contribution in [0.2, 0.25) is 0 Å². The minimum absolute atomic E-state index is 0.0769. The van der Waals surface area contributed by atoms with Crippen molar-refractivity contribution in [1.82, 2.24) is 10.2 Å². The lowest BCUT2D eigenvalue weighted by atomic mass is 10.2. The number of morpholine rings is 1. The molecule has 0 radical (unpaired) electrons. The second-order valence-electron chi connectivity index (χ2n) is 4.94. The highest BCUT2D eigenvalue weighted by atomic mass is 16.5. The summed E-state index contributed by atoms with van der Waals surface area (Å²) in [4.78, 5) is 2.28. The van der Waals surface area contributed by atoms with Gasteiger partial charge >= 0.3 is 0 Å². The van der Waals surface area contributed by atoms with Crippen LogP contribution in [-0.4, -0.2) is 50.9 Å². The summed E-state index contributed by atoms with van der Waals surface area (Å²) in [7, 11) is 2.11. The van der Waals surface area contributed by atoms with Crippen LogP contribution in [0.5, 0.6) is 5.75 Å². The molecule has 1 atom stereocenters. The van der Waals surface area contributed by atoms with Crippen molar-refractivity contribution in [2.45, 2.75) is 12.6 Å². The molecule has 0 aromatic heterocycles. The molecular formula is C15H21N3O2.